The molecule has 0 saturated carbocycles. The third kappa shape index (κ3) is 4.54. The predicted octanol–water partition coefficient (Wildman–Crippen LogP) is 2.99. The van der Waals surface area contributed by atoms with Gasteiger partial charge in [0.15, 0.2) is 6.10 Å². The van der Waals surface area contributed by atoms with Crippen LogP contribution in [0.5, 0.6) is 5.75 Å². The molecule has 1 atom stereocenters. The van der Waals surface area contributed by atoms with Gasteiger partial charge in [0, 0.05) is 17.6 Å². The topological polar surface area (TPSA) is 49.8 Å². The van der Waals surface area contributed by atoms with Crippen molar-refractivity contribution in [2.75, 3.05) is 13.2 Å². The summed E-state index contributed by atoms with van der Waals surface area (Å²) in [6, 6.07) is 4.82. The van der Waals surface area contributed by atoms with Gasteiger partial charge < -0.3 is 14.7 Å². The van der Waals surface area contributed by atoms with Crippen LogP contribution in [0.1, 0.15) is 20.8 Å². The molecule has 0 fully saturated rings. The first kappa shape index (κ1) is 17.1. The van der Waals surface area contributed by atoms with Crippen molar-refractivity contribution in [1.29, 1.82) is 0 Å². The van der Waals surface area contributed by atoms with Crippen LogP contribution in [-0.4, -0.2) is 41.2 Å². The molecule has 0 aliphatic heterocycles. The second kappa shape index (κ2) is 7.72. The van der Waals surface area contributed by atoms with Crippen LogP contribution in [0.15, 0.2) is 18.2 Å². The Hall–Kier alpha value is -0.970. The highest BCUT2D eigenvalue weighted by Crippen LogP contribution is 2.28. The van der Waals surface area contributed by atoms with E-state index in [1.807, 2.05) is 13.8 Å². The van der Waals surface area contributed by atoms with Crippen LogP contribution in [0.25, 0.3) is 0 Å². The van der Waals surface area contributed by atoms with E-state index in [0.717, 1.165) is 0 Å². The Bertz CT molecular complexity index is 466. The van der Waals surface area contributed by atoms with Gasteiger partial charge in [0.05, 0.1) is 11.6 Å². The number of halogens is 2. The van der Waals surface area contributed by atoms with Gasteiger partial charge in [-0.2, -0.15) is 0 Å². The molecular formula is C14H19Cl2NO3. The molecule has 20 heavy (non-hydrogen) atoms. The van der Waals surface area contributed by atoms with Gasteiger partial charge >= 0.3 is 0 Å². The molecule has 1 N–H and O–H groups in total. The Morgan fingerprint density at radius 3 is 2.50 bits per heavy atom. The number of carbonyl (C=O) groups is 1. The summed E-state index contributed by atoms with van der Waals surface area (Å²) in [6.07, 6.45) is -0.692. The minimum Gasteiger partial charge on any atom is -0.479 e. The zero-order valence-corrected chi connectivity index (χ0v) is 13.3. The number of ether oxygens (including phenoxy) is 1. The summed E-state index contributed by atoms with van der Waals surface area (Å²) >= 11 is 11.8. The molecule has 0 spiro atoms. The fourth-order valence-electron chi connectivity index (χ4n) is 1.78. The summed E-state index contributed by atoms with van der Waals surface area (Å²) < 4.78 is 5.58. The highest BCUT2D eigenvalue weighted by molar-refractivity contribution is 6.35. The molecule has 1 aromatic rings. The molecule has 4 nitrogen and oxygen atoms in total. The van der Waals surface area contributed by atoms with Gasteiger partial charge in [-0.15, -0.1) is 0 Å². The van der Waals surface area contributed by atoms with Crippen molar-refractivity contribution in [2.45, 2.75) is 32.9 Å². The lowest BCUT2D eigenvalue weighted by atomic mass is 10.2. The first-order valence-corrected chi connectivity index (χ1v) is 7.15. The van der Waals surface area contributed by atoms with E-state index in [4.69, 9.17) is 33.0 Å². The SMILES string of the molecule is CC(Oc1ccc(Cl)cc1Cl)C(=O)N(CCO)C(C)C. The molecular weight excluding hydrogens is 301 g/mol. The van der Waals surface area contributed by atoms with Crippen molar-refractivity contribution < 1.29 is 14.6 Å². The number of aliphatic hydroxyl groups is 1. The van der Waals surface area contributed by atoms with Gasteiger partial charge in [0.1, 0.15) is 5.75 Å². The van der Waals surface area contributed by atoms with Crippen LogP contribution in [0.2, 0.25) is 10.0 Å². The Morgan fingerprint density at radius 1 is 1.35 bits per heavy atom. The largest absolute Gasteiger partial charge is 0.479 e. The van der Waals surface area contributed by atoms with E-state index in [1.54, 1.807) is 30.0 Å². The average Bonchev–Trinajstić information content (AvgIpc) is 2.38. The van der Waals surface area contributed by atoms with E-state index < -0.39 is 6.10 Å². The second-order valence-corrected chi connectivity index (χ2v) is 5.53. The number of aliphatic hydroxyl groups excluding tert-OH is 1. The maximum absolute atomic E-state index is 12.3. The Labute approximate surface area is 129 Å². The molecule has 0 bridgehead atoms. The van der Waals surface area contributed by atoms with E-state index in [2.05, 4.69) is 0 Å². The van der Waals surface area contributed by atoms with E-state index >= 15 is 0 Å². The summed E-state index contributed by atoms with van der Waals surface area (Å²) in [4.78, 5) is 13.8. The zero-order chi connectivity index (χ0) is 15.3. The standard InChI is InChI=1S/C14H19Cl2NO3/c1-9(2)17(6-7-18)14(19)10(3)20-13-5-4-11(15)8-12(13)16/h4-5,8-10,18H,6-7H2,1-3H3. The number of benzene rings is 1. The van der Waals surface area contributed by atoms with Gasteiger partial charge in [0.25, 0.3) is 5.91 Å². The third-order valence-electron chi connectivity index (χ3n) is 2.79. The molecule has 6 heteroatoms. The van der Waals surface area contributed by atoms with Crippen molar-refractivity contribution in [3.05, 3.63) is 28.2 Å². The van der Waals surface area contributed by atoms with Gasteiger partial charge in [-0.3, -0.25) is 4.79 Å². The van der Waals surface area contributed by atoms with Crippen LogP contribution < -0.4 is 4.74 Å². The first-order valence-electron chi connectivity index (χ1n) is 6.39. The van der Waals surface area contributed by atoms with Gasteiger partial charge in [-0.1, -0.05) is 23.2 Å². The van der Waals surface area contributed by atoms with Crippen LogP contribution in [0.3, 0.4) is 0 Å². The fourth-order valence-corrected chi connectivity index (χ4v) is 2.23. The molecule has 0 aromatic heterocycles. The molecule has 0 radical (unpaired) electrons. The van der Waals surface area contributed by atoms with Crippen LogP contribution in [0.4, 0.5) is 0 Å². The van der Waals surface area contributed by atoms with Gasteiger partial charge in [0.2, 0.25) is 0 Å². The van der Waals surface area contributed by atoms with Crippen molar-refractivity contribution >= 4 is 29.1 Å². The number of amides is 1. The maximum atomic E-state index is 12.3. The zero-order valence-electron chi connectivity index (χ0n) is 11.8. The Balaban J connectivity index is 2.78. The molecule has 1 unspecified atom stereocenters. The number of nitrogens with zero attached hydrogens (tertiary/aromatic N) is 1. The Morgan fingerprint density at radius 2 is 2.00 bits per heavy atom. The molecule has 0 aliphatic rings. The number of carbonyl (C=O) groups excluding carboxylic acids is 1. The summed E-state index contributed by atoms with van der Waals surface area (Å²) in [5.41, 5.74) is 0. The summed E-state index contributed by atoms with van der Waals surface area (Å²) in [6.45, 7) is 5.61. The number of hydrogen-bond donors (Lipinski definition) is 1. The minimum absolute atomic E-state index is 0.0126. The Kier molecular flexibility index (Phi) is 6.59. The highest BCUT2D eigenvalue weighted by Gasteiger charge is 2.24. The summed E-state index contributed by atoms with van der Waals surface area (Å²) in [5, 5.41) is 9.87. The quantitative estimate of drug-likeness (QED) is 0.877. The van der Waals surface area contributed by atoms with Crippen molar-refractivity contribution in [3.63, 3.8) is 0 Å². The van der Waals surface area contributed by atoms with Gasteiger partial charge in [-0.05, 0) is 39.0 Å². The molecule has 1 amide bonds. The van der Waals surface area contributed by atoms with Crippen LogP contribution in [0, 0.1) is 0 Å². The highest BCUT2D eigenvalue weighted by atomic mass is 35.5. The lowest BCUT2D eigenvalue weighted by Gasteiger charge is -2.29. The van der Waals surface area contributed by atoms with Gasteiger partial charge in [-0.25, -0.2) is 0 Å². The van der Waals surface area contributed by atoms with Crippen molar-refractivity contribution in [3.8, 4) is 5.75 Å². The monoisotopic (exact) mass is 319 g/mol. The first-order chi connectivity index (χ1) is 9.36. The summed E-state index contributed by atoms with van der Waals surface area (Å²) in [5.74, 6) is 0.213. The molecule has 1 aromatic carbocycles. The average molecular weight is 320 g/mol. The minimum atomic E-state index is -0.692. The van der Waals surface area contributed by atoms with E-state index in [0.29, 0.717) is 15.8 Å². The number of hydrogen-bond acceptors (Lipinski definition) is 3. The second-order valence-electron chi connectivity index (χ2n) is 4.68. The lowest BCUT2D eigenvalue weighted by Crippen LogP contribution is -2.45. The number of rotatable bonds is 6. The van der Waals surface area contributed by atoms with Crippen LogP contribution in [-0.2, 0) is 4.79 Å². The maximum Gasteiger partial charge on any atom is 0.263 e. The molecule has 0 aliphatic carbocycles. The molecule has 1 rings (SSSR count). The summed E-state index contributed by atoms with van der Waals surface area (Å²) in [7, 11) is 0. The fraction of sp³-hybridized carbons (Fsp3) is 0.500. The van der Waals surface area contributed by atoms with E-state index in [-0.39, 0.29) is 25.1 Å². The molecule has 0 heterocycles. The smallest absolute Gasteiger partial charge is 0.263 e. The third-order valence-corrected chi connectivity index (χ3v) is 3.32. The predicted molar refractivity (Wildman–Crippen MR) is 80.5 cm³/mol. The van der Waals surface area contributed by atoms with Crippen LogP contribution >= 0.6 is 23.2 Å². The lowest BCUT2D eigenvalue weighted by molar-refractivity contribution is -0.140. The molecule has 0 saturated heterocycles. The van der Waals surface area contributed by atoms with Crippen molar-refractivity contribution in [2.24, 2.45) is 0 Å². The van der Waals surface area contributed by atoms with E-state index in [1.165, 1.54) is 0 Å². The van der Waals surface area contributed by atoms with E-state index in [9.17, 15) is 4.79 Å². The van der Waals surface area contributed by atoms with Crippen molar-refractivity contribution in [1.82, 2.24) is 4.90 Å². The normalized spacial score (nSPS) is 12.3. The molecule has 112 valence electrons.